The number of carbonyl (C=O) groups excluding carboxylic acids is 2. The highest BCUT2D eigenvalue weighted by Crippen LogP contribution is 2.16. The van der Waals surface area contributed by atoms with Crippen molar-refractivity contribution in [3.63, 3.8) is 0 Å². The van der Waals surface area contributed by atoms with E-state index in [1.807, 2.05) is 18.2 Å². The fourth-order valence-corrected chi connectivity index (χ4v) is 3.25. The van der Waals surface area contributed by atoms with Gasteiger partial charge in [0.15, 0.2) is 0 Å². The largest absolute Gasteiger partial charge is 0.496 e. The number of hydrogen-bond donors (Lipinski definition) is 2. The zero-order chi connectivity index (χ0) is 20.6. The third-order valence-electron chi connectivity index (χ3n) is 4.08. The minimum Gasteiger partial charge on any atom is -0.496 e. The van der Waals surface area contributed by atoms with Crippen molar-refractivity contribution < 1.29 is 22.7 Å². The highest BCUT2D eigenvalue weighted by molar-refractivity contribution is 7.90. The molecule has 0 saturated carbocycles. The van der Waals surface area contributed by atoms with Gasteiger partial charge in [-0.1, -0.05) is 36.4 Å². The lowest BCUT2D eigenvalue weighted by atomic mass is 10.1. The zero-order valence-electron chi connectivity index (χ0n) is 15.8. The molecule has 0 radical (unpaired) electrons. The maximum Gasteiger partial charge on any atom is 0.251 e. The maximum absolute atomic E-state index is 12.6. The van der Waals surface area contributed by atoms with Crippen LogP contribution in [-0.4, -0.2) is 45.4 Å². The van der Waals surface area contributed by atoms with Crippen molar-refractivity contribution in [2.24, 2.45) is 0 Å². The number of methoxy groups -OCH3 is 1. The van der Waals surface area contributed by atoms with Gasteiger partial charge in [0.2, 0.25) is 5.91 Å². The number of hydrogen-bond acceptors (Lipinski definition) is 5. The van der Waals surface area contributed by atoms with Crippen LogP contribution < -0.4 is 15.4 Å². The second-order valence-corrected chi connectivity index (χ2v) is 8.60. The van der Waals surface area contributed by atoms with Crippen LogP contribution in [0.1, 0.15) is 22.3 Å². The van der Waals surface area contributed by atoms with E-state index in [4.69, 9.17) is 4.74 Å². The van der Waals surface area contributed by atoms with Crippen LogP contribution in [-0.2, 0) is 21.2 Å². The van der Waals surface area contributed by atoms with Crippen molar-refractivity contribution >= 4 is 21.7 Å². The first-order chi connectivity index (χ1) is 13.3. The average molecular weight is 404 g/mol. The molecule has 0 aliphatic heterocycles. The number of amides is 2. The van der Waals surface area contributed by atoms with Gasteiger partial charge >= 0.3 is 0 Å². The number of para-hydroxylation sites is 1. The molecule has 2 amide bonds. The van der Waals surface area contributed by atoms with Crippen LogP contribution >= 0.6 is 0 Å². The highest BCUT2D eigenvalue weighted by atomic mass is 32.2. The van der Waals surface area contributed by atoms with E-state index in [9.17, 15) is 18.0 Å². The summed E-state index contributed by atoms with van der Waals surface area (Å²) in [6.45, 7) is 0.194. The normalized spacial score (nSPS) is 12.1. The van der Waals surface area contributed by atoms with Crippen LogP contribution in [0.5, 0.6) is 5.75 Å². The number of rotatable bonds is 9. The van der Waals surface area contributed by atoms with E-state index in [1.54, 1.807) is 36.4 Å². The second-order valence-electron chi connectivity index (χ2n) is 6.34. The van der Waals surface area contributed by atoms with Crippen molar-refractivity contribution in [3.05, 3.63) is 65.7 Å². The van der Waals surface area contributed by atoms with E-state index in [2.05, 4.69) is 10.6 Å². The molecule has 150 valence electrons. The van der Waals surface area contributed by atoms with E-state index in [1.165, 1.54) is 7.11 Å². The Bertz CT molecular complexity index is 913. The SMILES string of the molecule is COc1ccccc1CNC(=O)[C@@H](CCS(C)(=O)=O)NC(=O)c1ccccc1. The molecule has 0 spiro atoms. The van der Waals surface area contributed by atoms with Crippen LogP contribution in [0.15, 0.2) is 54.6 Å². The Morgan fingerprint density at radius 2 is 1.68 bits per heavy atom. The standard InChI is InChI=1S/C20H24N2O5S/c1-27-18-11-7-6-10-16(18)14-21-20(24)17(12-13-28(2,25)26)22-19(23)15-8-4-3-5-9-15/h3-11,17H,12-14H2,1-2H3,(H,21,24)(H,22,23)/t17-/m1/s1. The molecule has 0 fully saturated rings. The molecule has 0 unspecified atom stereocenters. The summed E-state index contributed by atoms with van der Waals surface area (Å²) >= 11 is 0. The van der Waals surface area contributed by atoms with Crippen molar-refractivity contribution in [1.29, 1.82) is 0 Å². The summed E-state index contributed by atoms with van der Waals surface area (Å²) in [4.78, 5) is 25.0. The number of benzene rings is 2. The van der Waals surface area contributed by atoms with E-state index in [0.29, 0.717) is 11.3 Å². The average Bonchev–Trinajstić information content (AvgIpc) is 2.69. The third-order valence-corrected chi connectivity index (χ3v) is 5.06. The van der Waals surface area contributed by atoms with Crippen LogP contribution in [0.25, 0.3) is 0 Å². The Balaban J connectivity index is 2.08. The molecule has 2 aromatic carbocycles. The third kappa shape index (κ3) is 6.70. The lowest BCUT2D eigenvalue weighted by Crippen LogP contribution is -2.47. The molecule has 0 heterocycles. The predicted octanol–water partition coefficient (Wildman–Crippen LogP) is 1.54. The van der Waals surface area contributed by atoms with Crippen LogP contribution in [0.4, 0.5) is 0 Å². The Kier molecular flexibility index (Phi) is 7.57. The molecule has 2 rings (SSSR count). The molecule has 0 aromatic heterocycles. The molecule has 8 heteroatoms. The van der Waals surface area contributed by atoms with Gasteiger partial charge in [0.25, 0.3) is 5.91 Å². The molecule has 0 aliphatic rings. The second kappa shape index (κ2) is 9.89. The Morgan fingerprint density at radius 3 is 2.32 bits per heavy atom. The first kappa shape index (κ1) is 21.4. The molecule has 0 aliphatic carbocycles. The molecule has 28 heavy (non-hydrogen) atoms. The smallest absolute Gasteiger partial charge is 0.251 e. The number of ether oxygens (including phenoxy) is 1. The van der Waals surface area contributed by atoms with Crippen LogP contribution in [0.3, 0.4) is 0 Å². The summed E-state index contributed by atoms with van der Waals surface area (Å²) in [7, 11) is -1.74. The van der Waals surface area contributed by atoms with Gasteiger partial charge in [-0.15, -0.1) is 0 Å². The Labute approximate surface area is 165 Å². The monoisotopic (exact) mass is 404 g/mol. The van der Waals surface area contributed by atoms with Gasteiger partial charge in [-0.3, -0.25) is 9.59 Å². The number of carbonyl (C=O) groups is 2. The highest BCUT2D eigenvalue weighted by Gasteiger charge is 2.23. The van der Waals surface area contributed by atoms with E-state index >= 15 is 0 Å². The topological polar surface area (TPSA) is 102 Å². The van der Waals surface area contributed by atoms with Crippen LogP contribution in [0, 0.1) is 0 Å². The Hall–Kier alpha value is -2.87. The molecule has 7 nitrogen and oxygen atoms in total. The zero-order valence-corrected chi connectivity index (χ0v) is 16.7. The summed E-state index contributed by atoms with van der Waals surface area (Å²) in [5, 5.41) is 5.36. The lowest BCUT2D eigenvalue weighted by molar-refractivity contribution is -0.123. The molecule has 2 aromatic rings. The predicted molar refractivity (Wildman–Crippen MR) is 107 cm³/mol. The van der Waals surface area contributed by atoms with Crippen molar-refractivity contribution in [2.75, 3.05) is 19.1 Å². The quantitative estimate of drug-likeness (QED) is 0.660. The van der Waals surface area contributed by atoms with Gasteiger partial charge in [-0.05, 0) is 24.6 Å². The lowest BCUT2D eigenvalue weighted by Gasteiger charge is -2.19. The first-order valence-electron chi connectivity index (χ1n) is 8.73. The molecule has 0 saturated heterocycles. The summed E-state index contributed by atoms with van der Waals surface area (Å²) in [6.07, 6.45) is 1.07. The fourth-order valence-electron chi connectivity index (χ4n) is 2.59. The van der Waals surface area contributed by atoms with Gasteiger partial charge in [0.05, 0.1) is 12.9 Å². The van der Waals surface area contributed by atoms with Crippen LogP contribution in [0.2, 0.25) is 0 Å². The molecule has 1 atom stereocenters. The van der Waals surface area contributed by atoms with E-state index in [-0.39, 0.29) is 18.7 Å². The van der Waals surface area contributed by atoms with E-state index < -0.39 is 27.7 Å². The maximum atomic E-state index is 12.6. The summed E-state index contributed by atoms with van der Waals surface area (Å²) < 4.78 is 28.3. The summed E-state index contributed by atoms with van der Waals surface area (Å²) in [5.41, 5.74) is 1.17. The van der Waals surface area contributed by atoms with E-state index in [0.717, 1.165) is 11.8 Å². The molecule has 0 bridgehead atoms. The van der Waals surface area contributed by atoms with Gasteiger partial charge in [0.1, 0.15) is 21.6 Å². The summed E-state index contributed by atoms with van der Waals surface area (Å²) in [6, 6.07) is 14.7. The van der Waals surface area contributed by atoms with Crippen molar-refractivity contribution in [1.82, 2.24) is 10.6 Å². The molecule has 2 N–H and O–H groups in total. The fraction of sp³-hybridized carbons (Fsp3) is 0.300. The number of sulfone groups is 1. The Morgan fingerprint density at radius 1 is 1.04 bits per heavy atom. The molecular weight excluding hydrogens is 380 g/mol. The van der Waals surface area contributed by atoms with Gasteiger partial charge in [0, 0.05) is 23.9 Å². The van der Waals surface area contributed by atoms with Gasteiger partial charge in [-0.25, -0.2) is 8.42 Å². The minimum atomic E-state index is -3.28. The van der Waals surface area contributed by atoms with Gasteiger partial charge in [-0.2, -0.15) is 0 Å². The minimum absolute atomic E-state index is 0.0187. The van der Waals surface area contributed by atoms with Crippen molar-refractivity contribution in [2.45, 2.75) is 19.0 Å². The van der Waals surface area contributed by atoms with Crippen molar-refractivity contribution in [3.8, 4) is 5.75 Å². The first-order valence-corrected chi connectivity index (χ1v) is 10.8. The molecular formula is C20H24N2O5S. The summed E-state index contributed by atoms with van der Waals surface area (Å²) in [5.74, 6) is -0.483. The van der Waals surface area contributed by atoms with Gasteiger partial charge < -0.3 is 15.4 Å². The number of nitrogens with one attached hydrogen (secondary N) is 2.